The van der Waals surface area contributed by atoms with Gasteiger partial charge in [-0.3, -0.25) is 9.59 Å². The van der Waals surface area contributed by atoms with Gasteiger partial charge in [0.15, 0.2) is 0 Å². The number of hydrogen-bond donors (Lipinski definition) is 1. The van der Waals surface area contributed by atoms with Crippen LogP contribution in [0.15, 0.2) is 0 Å². The zero-order valence-electron chi connectivity index (χ0n) is 12.2. The van der Waals surface area contributed by atoms with E-state index in [1.165, 1.54) is 19.3 Å². The third-order valence-corrected chi connectivity index (χ3v) is 4.47. The lowest BCUT2D eigenvalue weighted by atomic mass is 9.95. The Labute approximate surface area is 115 Å². The molecule has 0 spiro atoms. The van der Waals surface area contributed by atoms with Gasteiger partial charge in [0.1, 0.15) is 0 Å². The van der Waals surface area contributed by atoms with Gasteiger partial charge in [-0.15, -0.1) is 0 Å². The lowest BCUT2D eigenvalue weighted by Gasteiger charge is -2.23. The molecule has 2 rings (SSSR count). The molecular weight excluding hydrogens is 240 g/mol. The molecule has 0 aromatic carbocycles. The molecule has 2 amide bonds. The van der Waals surface area contributed by atoms with Crippen molar-refractivity contribution in [3.05, 3.63) is 0 Å². The van der Waals surface area contributed by atoms with Crippen LogP contribution in [-0.4, -0.2) is 35.8 Å². The fourth-order valence-electron chi connectivity index (χ4n) is 3.08. The SMILES string of the molecule is CCN(CC)C(=O)C1CC1C(=O)NC1CCCCC1. The van der Waals surface area contributed by atoms with Crippen LogP contribution in [0.25, 0.3) is 0 Å². The maximum absolute atomic E-state index is 12.1. The number of nitrogens with zero attached hydrogens (tertiary/aromatic N) is 1. The Kier molecular flexibility index (Phi) is 4.83. The van der Waals surface area contributed by atoms with E-state index in [1.54, 1.807) is 0 Å². The summed E-state index contributed by atoms with van der Waals surface area (Å²) in [7, 11) is 0. The van der Waals surface area contributed by atoms with Crippen molar-refractivity contribution in [2.24, 2.45) is 11.8 Å². The van der Waals surface area contributed by atoms with Crippen LogP contribution in [0, 0.1) is 11.8 Å². The molecule has 0 aromatic rings. The molecule has 0 heterocycles. The first-order valence-corrected chi connectivity index (χ1v) is 7.76. The first-order chi connectivity index (χ1) is 9.17. The van der Waals surface area contributed by atoms with Crippen molar-refractivity contribution in [3.63, 3.8) is 0 Å². The molecule has 0 bridgehead atoms. The second kappa shape index (κ2) is 6.40. The first kappa shape index (κ1) is 14.4. The predicted octanol–water partition coefficient (Wildman–Crippen LogP) is 1.94. The lowest BCUT2D eigenvalue weighted by molar-refractivity contribution is -0.134. The Hall–Kier alpha value is -1.06. The van der Waals surface area contributed by atoms with Gasteiger partial charge in [0.25, 0.3) is 0 Å². The summed E-state index contributed by atoms with van der Waals surface area (Å²) in [5, 5.41) is 3.13. The molecular formula is C15H26N2O2. The van der Waals surface area contributed by atoms with Crippen LogP contribution in [0.1, 0.15) is 52.4 Å². The van der Waals surface area contributed by atoms with Gasteiger partial charge in [-0.1, -0.05) is 19.3 Å². The monoisotopic (exact) mass is 266 g/mol. The van der Waals surface area contributed by atoms with Crippen LogP contribution >= 0.6 is 0 Å². The Balaban J connectivity index is 1.78. The maximum atomic E-state index is 12.1. The largest absolute Gasteiger partial charge is 0.353 e. The molecule has 4 heteroatoms. The van der Waals surface area contributed by atoms with Gasteiger partial charge in [-0.2, -0.15) is 0 Å². The van der Waals surface area contributed by atoms with Crippen molar-refractivity contribution in [1.29, 1.82) is 0 Å². The molecule has 0 saturated heterocycles. The summed E-state index contributed by atoms with van der Waals surface area (Å²) in [5.74, 6) is 0.157. The van der Waals surface area contributed by atoms with E-state index < -0.39 is 0 Å². The van der Waals surface area contributed by atoms with E-state index in [-0.39, 0.29) is 23.7 Å². The second-order valence-corrected chi connectivity index (χ2v) is 5.80. The summed E-state index contributed by atoms with van der Waals surface area (Å²) < 4.78 is 0. The van der Waals surface area contributed by atoms with Crippen LogP contribution < -0.4 is 5.32 Å². The van der Waals surface area contributed by atoms with Crippen LogP contribution in [-0.2, 0) is 9.59 Å². The molecule has 0 aromatic heterocycles. The fourth-order valence-corrected chi connectivity index (χ4v) is 3.08. The zero-order chi connectivity index (χ0) is 13.8. The maximum Gasteiger partial charge on any atom is 0.226 e. The summed E-state index contributed by atoms with van der Waals surface area (Å²) in [6.45, 7) is 5.45. The van der Waals surface area contributed by atoms with E-state index in [1.807, 2.05) is 18.7 Å². The number of hydrogen-bond acceptors (Lipinski definition) is 2. The van der Waals surface area contributed by atoms with Crippen molar-refractivity contribution in [2.75, 3.05) is 13.1 Å². The molecule has 2 atom stereocenters. The lowest BCUT2D eigenvalue weighted by Crippen LogP contribution is -2.39. The minimum absolute atomic E-state index is 0.0523. The Bertz CT molecular complexity index is 333. The van der Waals surface area contributed by atoms with Crippen molar-refractivity contribution in [3.8, 4) is 0 Å². The van der Waals surface area contributed by atoms with Gasteiger partial charge in [-0.25, -0.2) is 0 Å². The highest BCUT2D eigenvalue weighted by molar-refractivity contribution is 5.92. The van der Waals surface area contributed by atoms with E-state index in [4.69, 9.17) is 0 Å². The smallest absolute Gasteiger partial charge is 0.226 e. The minimum atomic E-state index is -0.0602. The Morgan fingerprint density at radius 1 is 1.05 bits per heavy atom. The van der Waals surface area contributed by atoms with E-state index in [2.05, 4.69) is 5.32 Å². The van der Waals surface area contributed by atoms with Crippen LogP contribution in [0.5, 0.6) is 0 Å². The van der Waals surface area contributed by atoms with Crippen molar-refractivity contribution >= 4 is 11.8 Å². The van der Waals surface area contributed by atoms with E-state index in [9.17, 15) is 9.59 Å². The van der Waals surface area contributed by atoms with Crippen LogP contribution in [0.4, 0.5) is 0 Å². The zero-order valence-corrected chi connectivity index (χ0v) is 12.2. The van der Waals surface area contributed by atoms with Crippen LogP contribution in [0.3, 0.4) is 0 Å². The number of amides is 2. The molecule has 2 unspecified atom stereocenters. The van der Waals surface area contributed by atoms with Gasteiger partial charge in [0.05, 0.1) is 11.8 Å². The number of nitrogens with one attached hydrogen (secondary N) is 1. The highest BCUT2D eigenvalue weighted by Gasteiger charge is 2.49. The van der Waals surface area contributed by atoms with Gasteiger partial charge >= 0.3 is 0 Å². The van der Waals surface area contributed by atoms with Gasteiger partial charge < -0.3 is 10.2 Å². The molecule has 0 radical (unpaired) electrons. The Morgan fingerprint density at radius 2 is 1.68 bits per heavy atom. The van der Waals surface area contributed by atoms with Gasteiger partial charge in [0, 0.05) is 19.1 Å². The summed E-state index contributed by atoms with van der Waals surface area (Å²) >= 11 is 0. The first-order valence-electron chi connectivity index (χ1n) is 7.76. The predicted molar refractivity (Wildman–Crippen MR) is 74.5 cm³/mol. The van der Waals surface area contributed by atoms with E-state index in [0.29, 0.717) is 6.04 Å². The normalized spacial score (nSPS) is 26.8. The topological polar surface area (TPSA) is 49.4 Å². The fraction of sp³-hybridized carbons (Fsp3) is 0.867. The molecule has 2 aliphatic rings. The molecule has 2 saturated carbocycles. The van der Waals surface area contributed by atoms with Crippen molar-refractivity contribution < 1.29 is 9.59 Å². The molecule has 19 heavy (non-hydrogen) atoms. The van der Waals surface area contributed by atoms with Gasteiger partial charge in [0.2, 0.25) is 11.8 Å². The second-order valence-electron chi connectivity index (χ2n) is 5.80. The average molecular weight is 266 g/mol. The molecule has 2 aliphatic carbocycles. The third kappa shape index (κ3) is 3.48. The van der Waals surface area contributed by atoms with E-state index in [0.717, 1.165) is 32.4 Å². The number of rotatable bonds is 5. The average Bonchev–Trinajstić information content (AvgIpc) is 3.21. The molecule has 0 aliphatic heterocycles. The van der Waals surface area contributed by atoms with Crippen LogP contribution in [0.2, 0.25) is 0 Å². The Morgan fingerprint density at radius 3 is 2.26 bits per heavy atom. The molecule has 1 N–H and O–H groups in total. The number of carbonyl (C=O) groups is 2. The summed E-state index contributed by atoms with van der Waals surface area (Å²) in [6, 6.07) is 0.353. The standard InChI is InChI=1S/C15H26N2O2/c1-3-17(4-2)15(19)13-10-12(13)14(18)16-11-8-6-5-7-9-11/h11-13H,3-10H2,1-2H3,(H,16,18). The highest BCUT2D eigenvalue weighted by Crippen LogP contribution is 2.40. The molecule has 2 fully saturated rings. The number of carbonyl (C=O) groups excluding carboxylic acids is 2. The van der Waals surface area contributed by atoms with E-state index >= 15 is 0 Å². The summed E-state index contributed by atoms with van der Waals surface area (Å²) in [6.07, 6.45) is 6.68. The quantitative estimate of drug-likeness (QED) is 0.826. The molecule has 4 nitrogen and oxygen atoms in total. The van der Waals surface area contributed by atoms with Crippen molar-refractivity contribution in [1.82, 2.24) is 10.2 Å². The van der Waals surface area contributed by atoms with Crippen molar-refractivity contribution in [2.45, 2.75) is 58.4 Å². The highest BCUT2D eigenvalue weighted by atomic mass is 16.2. The third-order valence-electron chi connectivity index (χ3n) is 4.47. The molecule has 108 valence electrons. The van der Waals surface area contributed by atoms with Gasteiger partial charge in [-0.05, 0) is 33.1 Å². The summed E-state index contributed by atoms with van der Waals surface area (Å²) in [5.41, 5.74) is 0. The minimum Gasteiger partial charge on any atom is -0.353 e. The summed E-state index contributed by atoms with van der Waals surface area (Å²) in [4.78, 5) is 26.1.